The van der Waals surface area contributed by atoms with Crippen molar-refractivity contribution in [2.75, 3.05) is 0 Å². The van der Waals surface area contributed by atoms with Crippen LogP contribution in [0.4, 0.5) is 13.2 Å². The number of nitrogens with zero attached hydrogens (tertiary/aromatic N) is 3. The quantitative estimate of drug-likeness (QED) is 0.703. The van der Waals surface area contributed by atoms with Crippen LogP contribution in [-0.4, -0.2) is 4.98 Å². The van der Waals surface area contributed by atoms with Crippen LogP contribution in [0.3, 0.4) is 0 Å². The van der Waals surface area contributed by atoms with Crippen molar-refractivity contribution in [3.8, 4) is 12.1 Å². The number of nitriles is 2. The van der Waals surface area contributed by atoms with E-state index in [0.29, 0.717) is 6.07 Å². The molecule has 0 aliphatic heterocycles. The molecule has 0 fully saturated rings. The molecule has 0 N–H and O–H groups in total. The topological polar surface area (TPSA) is 60.5 Å². The Morgan fingerprint density at radius 1 is 1.40 bits per heavy atom. The summed E-state index contributed by atoms with van der Waals surface area (Å²) in [5.74, 6) is -1.15. The zero-order valence-electron chi connectivity index (χ0n) is 7.34. The van der Waals surface area contributed by atoms with Gasteiger partial charge in [0.1, 0.15) is 11.8 Å². The lowest BCUT2D eigenvalue weighted by molar-refractivity contribution is 0.149. The van der Waals surface area contributed by atoms with Crippen molar-refractivity contribution in [3.63, 3.8) is 0 Å². The van der Waals surface area contributed by atoms with Gasteiger partial charge >= 0.3 is 0 Å². The van der Waals surface area contributed by atoms with Crippen LogP contribution in [0.5, 0.6) is 0 Å². The number of hydrogen-bond donors (Lipinski definition) is 0. The van der Waals surface area contributed by atoms with Gasteiger partial charge < -0.3 is 0 Å². The molecule has 0 unspecified atom stereocenters. The lowest BCUT2D eigenvalue weighted by atomic mass is 10.0. The standard InChI is InChI=1S/C9H4F3N3/c10-8-3-6(9(11)12)5(1-2-13)7(4-14)15-8/h3,9H,1H2. The molecule has 1 rings (SSSR count). The highest BCUT2D eigenvalue weighted by atomic mass is 19.3. The first kappa shape index (κ1) is 11.0. The fourth-order valence-corrected chi connectivity index (χ4v) is 1.11. The van der Waals surface area contributed by atoms with Gasteiger partial charge in [-0.05, 0) is 0 Å². The van der Waals surface area contributed by atoms with Crippen molar-refractivity contribution < 1.29 is 13.2 Å². The summed E-state index contributed by atoms with van der Waals surface area (Å²) >= 11 is 0. The van der Waals surface area contributed by atoms with Crippen LogP contribution in [-0.2, 0) is 6.42 Å². The molecular weight excluding hydrogens is 207 g/mol. The molecule has 0 radical (unpaired) electrons. The van der Waals surface area contributed by atoms with Crippen molar-refractivity contribution in [1.29, 1.82) is 10.5 Å². The van der Waals surface area contributed by atoms with E-state index in [-0.39, 0.29) is 5.56 Å². The Hall–Kier alpha value is -2.08. The number of aromatic nitrogens is 1. The molecule has 1 aromatic heterocycles. The van der Waals surface area contributed by atoms with Crippen molar-refractivity contribution in [2.45, 2.75) is 12.8 Å². The third-order valence-corrected chi connectivity index (χ3v) is 1.72. The fourth-order valence-electron chi connectivity index (χ4n) is 1.11. The number of pyridine rings is 1. The summed E-state index contributed by atoms with van der Waals surface area (Å²) in [7, 11) is 0. The zero-order valence-corrected chi connectivity index (χ0v) is 7.34. The zero-order chi connectivity index (χ0) is 11.4. The van der Waals surface area contributed by atoms with E-state index in [2.05, 4.69) is 4.98 Å². The number of hydrogen-bond acceptors (Lipinski definition) is 3. The van der Waals surface area contributed by atoms with Crippen molar-refractivity contribution in [1.82, 2.24) is 4.98 Å². The highest BCUT2D eigenvalue weighted by Crippen LogP contribution is 2.25. The third-order valence-electron chi connectivity index (χ3n) is 1.72. The Bertz CT molecular complexity index is 457. The van der Waals surface area contributed by atoms with Crippen LogP contribution in [0.1, 0.15) is 23.2 Å². The van der Waals surface area contributed by atoms with Crippen LogP contribution < -0.4 is 0 Å². The summed E-state index contributed by atoms with van der Waals surface area (Å²) in [4.78, 5) is 3.14. The lowest BCUT2D eigenvalue weighted by Crippen LogP contribution is -2.03. The SMILES string of the molecule is N#CCc1c(C(F)F)cc(F)nc1C#N. The second kappa shape index (κ2) is 4.43. The highest BCUT2D eigenvalue weighted by Gasteiger charge is 2.19. The van der Waals surface area contributed by atoms with Crippen molar-refractivity contribution in [3.05, 3.63) is 28.8 Å². The van der Waals surface area contributed by atoms with Gasteiger partial charge in [-0.2, -0.15) is 14.9 Å². The molecule has 0 saturated heterocycles. The van der Waals surface area contributed by atoms with E-state index in [9.17, 15) is 13.2 Å². The molecule has 0 bridgehead atoms. The Morgan fingerprint density at radius 3 is 2.53 bits per heavy atom. The maximum absolute atomic E-state index is 12.7. The molecule has 0 saturated carbocycles. The molecule has 0 aromatic carbocycles. The third kappa shape index (κ3) is 2.23. The molecular formula is C9H4F3N3. The average molecular weight is 211 g/mol. The maximum atomic E-state index is 12.7. The molecule has 0 amide bonds. The normalized spacial score (nSPS) is 9.73. The summed E-state index contributed by atoms with van der Waals surface area (Å²) < 4.78 is 37.6. The summed E-state index contributed by atoms with van der Waals surface area (Å²) in [5, 5.41) is 16.9. The minimum absolute atomic E-state index is 0.212. The van der Waals surface area contributed by atoms with Crippen molar-refractivity contribution >= 4 is 0 Å². The van der Waals surface area contributed by atoms with E-state index >= 15 is 0 Å². The highest BCUT2D eigenvalue weighted by molar-refractivity contribution is 5.40. The van der Waals surface area contributed by atoms with E-state index in [1.54, 1.807) is 6.07 Å². The smallest absolute Gasteiger partial charge is 0.208 e. The van der Waals surface area contributed by atoms with Crippen LogP contribution in [0.25, 0.3) is 0 Å². The lowest BCUT2D eigenvalue weighted by Gasteiger charge is -2.06. The number of rotatable bonds is 2. The van der Waals surface area contributed by atoms with Gasteiger partial charge in [0.2, 0.25) is 5.95 Å². The van der Waals surface area contributed by atoms with Gasteiger partial charge in [-0.15, -0.1) is 0 Å². The second-order valence-electron chi connectivity index (χ2n) is 2.61. The first-order chi connectivity index (χ1) is 7.10. The predicted molar refractivity (Wildman–Crippen MR) is 43.2 cm³/mol. The van der Waals surface area contributed by atoms with E-state index in [4.69, 9.17) is 10.5 Å². The van der Waals surface area contributed by atoms with Gasteiger partial charge in [0.25, 0.3) is 6.43 Å². The number of alkyl halides is 2. The Kier molecular flexibility index (Phi) is 3.25. The maximum Gasteiger partial charge on any atom is 0.264 e. The van der Waals surface area contributed by atoms with E-state index in [1.807, 2.05) is 0 Å². The molecule has 3 nitrogen and oxygen atoms in total. The van der Waals surface area contributed by atoms with Crippen LogP contribution >= 0.6 is 0 Å². The summed E-state index contributed by atoms with van der Waals surface area (Å²) in [6, 6.07) is 3.65. The average Bonchev–Trinajstić information content (AvgIpc) is 2.19. The molecule has 1 aromatic rings. The van der Waals surface area contributed by atoms with Gasteiger partial charge in [0, 0.05) is 17.2 Å². The fraction of sp³-hybridized carbons (Fsp3) is 0.222. The Morgan fingerprint density at radius 2 is 2.07 bits per heavy atom. The summed E-state index contributed by atoms with van der Waals surface area (Å²) in [5.41, 5.74) is -1.33. The minimum Gasteiger partial charge on any atom is -0.208 e. The van der Waals surface area contributed by atoms with Crippen LogP contribution in [0, 0.1) is 28.6 Å². The Labute approximate surface area is 83.4 Å². The van der Waals surface area contributed by atoms with Gasteiger partial charge in [0.05, 0.1) is 12.5 Å². The molecule has 0 spiro atoms. The van der Waals surface area contributed by atoms with Crippen molar-refractivity contribution in [2.24, 2.45) is 0 Å². The molecule has 15 heavy (non-hydrogen) atoms. The minimum atomic E-state index is -2.93. The first-order valence-electron chi connectivity index (χ1n) is 3.84. The van der Waals surface area contributed by atoms with Gasteiger partial charge in [-0.25, -0.2) is 13.8 Å². The van der Waals surface area contributed by atoms with E-state index < -0.39 is 30.1 Å². The van der Waals surface area contributed by atoms with Crippen LogP contribution in [0.15, 0.2) is 6.07 Å². The Balaban J connectivity index is 3.43. The van der Waals surface area contributed by atoms with Gasteiger partial charge in [0.15, 0.2) is 0 Å². The monoisotopic (exact) mass is 211 g/mol. The molecule has 0 aliphatic rings. The van der Waals surface area contributed by atoms with Gasteiger partial charge in [-0.1, -0.05) is 0 Å². The predicted octanol–water partition coefficient (Wildman–Crippen LogP) is 2.10. The molecule has 6 heteroatoms. The molecule has 76 valence electrons. The number of halogens is 3. The van der Waals surface area contributed by atoms with E-state index in [1.165, 1.54) is 6.07 Å². The second-order valence-corrected chi connectivity index (χ2v) is 2.61. The summed E-state index contributed by atoms with van der Waals surface area (Å²) in [6.45, 7) is 0. The molecule has 1 heterocycles. The summed E-state index contributed by atoms with van der Waals surface area (Å²) in [6.07, 6.45) is -3.33. The van der Waals surface area contributed by atoms with Gasteiger partial charge in [-0.3, -0.25) is 0 Å². The molecule has 0 atom stereocenters. The first-order valence-corrected chi connectivity index (χ1v) is 3.84. The van der Waals surface area contributed by atoms with E-state index in [0.717, 1.165) is 0 Å². The molecule has 0 aliphatic carbocycles. The van der Waals surface area contributed by atoms with Crippen LogP contribution in [0.2, 0.25) is 0 Å². The largest absolute Gasteiger partial charge is 0.264 e.